The molecule has 3 N–H and O–H groups in total. The van der Waals surface area contributed by atoms with Gasteiger partial charge in [0.1, 0.15) is 5.75 Å². The van der Waals surface area contributed by atoms with E-state index in [0.717, 1.165) is 27.8 Å². The minimum absolute atomic E-state index is 0.233. The molecule has 0 fully saturated rings. The molecule has 25 heavy (non-hydrogen) atoms. The first-order valence-corrected chi connectivity index (χ1v) is 8.32. The third-order valence-electron chi connectivity index (χ3n) is 4.61. The van der Waals surface area contributed by atoms with Gasteiger partial charge >= 0.3 is 0 Å². The number of H-pyrrole nitrogens is 3. The molecule has 122 valence electrons. The number of ether oxygens (including phenoxy) is 1. The predicted molar refractivity (Wildman–Crippen MR) is 98.0 cm³/mol. The van der Waals surface area contributed by atoms with Crippen molar-refractivity contribution in [2.24, 2.45) is 0 Å². The van der Waals surface area contributed by atoms with Crippen LogP contribution in [0.3, 0.4) is 0 Å². The first-order valence-electron chi connectivity index (χ1n) is 7.91. The fourth-order valence-electron chi connectivity index (χ4n) is 3.55. The van der Waals surface area contributed by atoms with E-state index in [1.165, 1.54) is 0 Å². The number of aromatic nitrogens is 3. The van der Waals surface area contributed by atoms with Crippen LogP contribution in [-0.2, 0) is 0 Å². The van der Waals surface area contributed by atoms with Gasteiger partial charge < -0.3 is 14.7 Å². The van der Waals surface area contributed by atoms with E-state index in [1.807, 2.05) is 48.7 Å². The first-order chi connectivity index (χ1) is 12.2. The molecule has 3 heterocycles. The Morgan fingerprint density at radius 1 is 0.960 bits per heavy atom. The SMILES string of the molecule is O=c1[nH]c(=S)[nH]c2c1C(c1c[nH]c3ccccc13)c1ccccc1O2. The molecular weight excluding hydrogens is 334 g/mol. The Morgan fingerprint density at radius 3 is 2.68 bits per heavy atom. The standard InChI is InChI=1S/C19H13N3O2S/c23-17-16-15(12-9-20-13-7-3-1-5-10(12)13)11-6-2-4-8-14(11)24-18(16)22-19(25)21-17/h1-9,15,20H,(H2,21,22,23,25). The van der Waals surface area contributed by atoms with Crippen LogP contribution in [0.5, 0.6) is 11.6 Å². The number of benzene rings is 2. The molecular formula is C19H13N3O2S. The summed E-state index contributed by atoms with van der Waals surface area (Å²) >= 11 is 5.10. The van der Waals surface area contributed by atoms with E-state index in [9.17, 15) is 4.79 Å². The third kappa shape index (κ3) is 2.08. The van der Waals surface area contributed by atoms with Gasteiger partial charge in [-0.25, -0.2) is 0 Å². The van der Waals surface area contributed by atoms with Crippen LogP contribution < -0.4 is 10.3 Å². The van der Waals surface area contributed by atoms with Crippen molar-refractivity contribution >= 4 is 23.1 Å². The zero-order valence-electron chi connectivity index (χ0n) is 13.0. The summed E-state index contributed by atoms with van der Waals surface area (Å²) in [7, 11) is 0. The van der Waals surface area contributed by atoms with Crippen molar-refractivity contribution < 1.29 is 4.74 Å². The molecule has 0 saturated carbocycles. The largest absolute Gasteiger partial charge is 0.440 e. The Hall–Kier alpha value is -3.12. The lowest BCUT2D eigenvalue weighted by Crippen LogP contribution is -2.23. The number of hydrogen-bond donors (Lipinski definition) is 3. The molecule has 0 saturated heterocycles. The summed E-state index contributed by atoms with van der Waals surface area (Å²) in [6.07, 6.45) is 1.96. The zero-order chi connectivity index (χ0) is 17.0. The maximum absolute atomic E-state index is 12.7. The molecule has 2 aromatic carbocycles. The number of nitrogens with one attached hydrogen (secondary N) is 3. The van der Waals surface area contributed by atoms with Crippen LogP contribution in [0, 0.1) is 4.77 Å². The van der Waals surface area contributed by atoms with Gasteiger partial charge in [-0.15, -0.1) is 0 Å². The lowest BCUT2D eigenvalue weighted by molar-refractivity contribution is 0.429. The summed E-state index contributed by atoms with van der Waals surface area (Å²) in [4.78, 5) is 21.7. The van der Waals surface area contributed by atoms with E-state index in [-0.39, 0.29) is 16.2 Å². The Kier molecular flexibility index (Phi) is 2.96. The van der Waals surface area contributed by atoms with Crippen LogP contribution in [0.4, 0.5) is 0 Å². The molecule has 0 amide bonds. The molecule has 5 rings (SSSR count). The average molecular weight is 347 g/mol. The first kappa shape index (κ1) is 14.2. The summed E-state index contributed by atoms with van der Waals surface area (Å²) < 4.78 is 6.18. The van der Waals surface area contributed by atoms with E-state index >= 15 is 0 Å². The van der Waals surface area contributed by atoms with Gasteiger partial charge in [0, 0.05) is 22.7 Å². The average Bonchev–Trinajstić information content (AvgIpc) is 3.03. The summed E-state index contributed by atoms with van der Waals surface area (Å²) in [6, 6.07) is 15.8. The second kappa shape index (κ2) is 5.19. The number of fused-ring (bicyclic) bond motifs is 3. The molecule has 0 radical (unpaired) electrons. The second-order valence-electron chi connectivity index (χ2n) is 6.01. The van der Waals surface area contributed by atoms with Gasteiger partial charge in [-0.1, -0.05) is 36.4 Å². The maximum atomic E-state index is 12.7. The Bertz CT molecular complexity index is 1240. The second-order valence-corrected chi connectivity index (χ2v) is 6.42. The van der Waals surface area contributed by atoms with Crippen molar-refractivity contribution in [2.75, 3.05) is 0 Å². The Balaban J connectivity index is 1.88. The maximum Gasteiger partial charge on any atom is 0.259 e. The highest BCUT2D eigenvalue weighted by molar-refractivity contribution is 7.71. The number of hydrogen-bond acceptors (Lipinski definition) is 3. The van der Waals surface area contributed by atoms with Gasteiger partial charge in [-0.3, -0.25) is 9.78 Å². The van der Waals surface area contributed by atoms with E-state index in [1.54, 1.807) is 0 Å². The normalized spacial score (nSPS) is 15.4. The number of aromatic amines is 3. The molecule has 4 aromatic rings. The number of para-hydroxylation sites is 2. The highest BCUT2D eigenvalue weighted by atomic mass is 32.1. The van der Waals surface area contributed by atoms with Crippen LogP contribution in [-0.4, -0.2) is 15.0 Å². The summed E-state index contributed by atoms with van der Waals surface area (Å²) in [5.41, 5.74) is 3.32. The lowest BCUT2D eigenvalue weighted by Gasteiger charge is -2.26. The van der Waals surface area contributed by atoms with Crippen molar-refractivity contribution in [3.05, 3.63) is 86.5 Å². The van der Waals surface area contributed by atoms with Gasteiger partial charge in [0.25, 0.3) is 5.56 Å². The van der Waals surface area contributed by atoms with E-state index in [4.69, 9.17) is 17.0 Å². The fraction of sp³-hybridized carbons (Fsp3) is 0.0526. The quantitative estimate of drug-likeness (QED) is 0.398. The van der Waals surface area contributed by atoms with Gasteiger partial charge in [0.2, 0.25) is 5.88 Å². The fourth-order valence-corrected chi connectivity index (χ4v) is 3.74. The van der Waals surface area contributed by atoms with Gasteiger partial charge in [-0.05, 0) is 29.9 Å². The lowest BCUT2D eigenvalue weighted by atomic mass is 9.84. The van der Waals surface area contributed by atoms with Gasteiger partial charge in [0.05, 0.1) is 11.5 Å². The monoisotopic (exact) mass is 347 g/mol. The molecule has 6 heteroatoms. The molecule has 1 aliphatic rings. The molecule has 0 spiro atoms. The molecule has 1 atom stereocenters. The van der Waals surface area contributed by atoms with Crippen molar-refractivity contribution in [3.8, 4) is 11.6 Å². The molecule has 1 unspecified atom stereocenters. The molecule has 1 aliphatic heterocycles. The molecule has 2 aromatic heterocycles. The molecule has 0 bridgehead atoms. The predicted octanol–water partition coefficient (Wildman–Crippen LogP) is 4.20. The number of rotatable bonds is 1. The zero-order valence-corrected chi connectivity index (χ0v) is 13.8. The summed E-state index contributed by atoms with van der Waals surface area (Å²) in [6.45, 7) is 0. The molecule has 0 aliphatic carbocycles. The smallest absolute Gasteiger partial charge is 0.259 e. The Morgan fingerprint density at radius 2 is 1.76 bits per heavy atom. The van der Waals surface area contributed by atoms with E-state index < -0.39 is 0 Å². The molecule has 5 nitrogen and oxygen atoms in total. The van der Waals surface area contributed by atoms with Gasteiger partial charge in [-0.2, -0.15) is 0 Å². The van der Waals surface area contributed by atoms with Crippen LogP contribution in [0.15, 0.2) is 59.5 Å². The highest BCUT2D eigenvalue weighted by Crippen LogP contribution is 2.46. The Labute approximate surface area is 147 Å². The van der Waals surface area contributed by atoms with Crippen molar-refractivity contribution in [1.29, 1.82) is 0 Å². The minimum Gasteiger partial charge on any atom is -0.440 e. The van der Waals surface area contributed by atoms with Crippen LogP contribution in [0.1, 0.15) is 22.6 Å². The summed E-state index contributed by atoms with van der Waals surface area (Å²) in [5, 5.41) is 1.08. The van der Waals surface area contributed by atoms with E-state index in [2.05, 4.69) is 21.0 Å². The van der Waals surface area contributed by atoms with Crippen molar-refractivity contribution in [3.63, 3.8) is 0 Å². The van der Waals surface area contributed by atoms with Crippen LogP contribution >= 0.6 is 12.2 Å². The topological polar surface area (TPSA) is 73.7 Å². The van der Waals surface area contributed by atoms with Crippen LogP contribution in [0.25, 0.3) is 10.9 Å². The minimum atomic E-state index is -0.244. The van der Waals surface area contributed by atoms with E-state index in [0.29, 0.717) is 11.4 Å². The van der Waals surface area contributed by atoms with Crippen LogP contribution in [0.2, 0.25) is 0 Å². The third-order valence-corrected chi connectivity index (χ3v) is 4.81. The van der Waals surface area contributed by atoms with Crippen molar-refractivity contribution in [1.82, 2.24) is 15.0 Å². The highest BCUT2D eigenvalue weighted by Gasteiger charge is 2.33. The summed E-state index contributed by atoms with van der Waals surface area (Å²) in [5.74, 6) is 0.885. The van der Waals surface area contributed by atoms with Gasteiger partial charge in [0.15, 0.2) is 4.77 Å². The van der Waals surface area contributed by atoms with Crippen molar-refractivity contribution in [2.45, 2.75) is 5.92 Å².